The summed E-state index contributed by atoms with van der Waals surface area (Å²) in [4.78, 5) is 38.2. The number of nitrogens with zero attached hydrogens (tertiary/aromatic N) is 1. The highest BCUT2D eigenvalue weighted by Crippen LogP contribution is 2.37. The van der Waals surface area contributed by atoms with E-state index in [1.165, 1.54) is 12.1 Å². The SMILES string of the molecule is CC(C)(C)c1ccc(C(=O)NC2(C(F)(F)F)NC(=O)N(C3CCCC3)C2=O)cc1. The van der Waals surface area contributed by atoms with Gasteiger partial charge in [-0.25, -0.2) is 4.79 Å². The van der Waals surface area contributed by atoms with Crippen LogP contribution < -0.4 is 10.6 Å². The lowest BCUT2D eigenvalue weighted by molar-refractivity contribution is -0.200. The molecule has 1 heterocycles. The molecule has 1 aliphatic carbocycles. The molecular formula is C20H24F3N3O3. The summed E-state index contributed by atoms with van der Waals surface area (Å²) < 4.78 is 41.8. The van der Waals surface area contributed by atoms with Crippen molar-refractivity contribution in [2.24, 2.45) is 0 Å². The van der Waals surface area contributed by atoms with Crippen molar-refractivity contribution < 1.29 is 27.6 Å². The molecule has 1 saturated carbocycles. The average Bonchev–Trinajstić information content (AvgIpc) is 3.21. The van der Waals surface area contributed by atoms with E-state index in [9.17, 15) is 27.6 Å². The molecule has 6 nitrogen and oxygen atoms in total. The van der Waals surface area contributed by atoms with Gasteiger partial charge < -0.3 is 5.32 Å². The minimum atomic E-state index is -5.20. The lowest BCUT2D eigenvalue weighted by atomic mass is 9.86. The van der Waals surface area contributed by atoms with Gasteiger partial charge in [-0.15, -0.1) is 0 Å². The standard InChI is InChI=1S/C20H24F3N3O3/c1-18(2,3)13-10-8-12(9-11-13)15(27)24-19(20(21,22)23)16(28)26(17(29)25-19)14-6-4-5-7-14/h8-11,14H,4-7H2,1-3H3,(H,24,27)(H,25,29). The second-order valence-electron chi connectivity index (χ2n) is 8.57. The summed E-state index contributed by atoms with van der Waals surface area (Å²) in [6.45, 7) is 5.89. The highest BCUT2D eigenvalue weighted by molar-refractivity contribution is 6.10. The predicted molar refractivity (Wildman–Crippen MR) is 99.0 cm³/mol. The number of urea groups is 1. The summed E-state index contributed by atoms with van der Waals surface area (Å²) >= 11 is 0. The molecule has 158 valence electrons. The summed E-state index contributed by atoms with van der Waals surface area (Å²) in [5.41, 5.74) is -2.80. The molecule has 1 unspecified atom stereocenters. The highest BCUT2D eigenvalue weighted by atomic mass is 19.4. The van der Waals surface area contributed by atoms with Gasteiger partial charge in [0.1, 0.15) is 0 Å². The van der Waals surface area contributed by atoms with Crippen molar-refractivity contribution in [3.63, 3.8) is 0 Å². The first kappa shape index (κ1) is 21.1. The van der Waals surface area contributed by atoms with Crippen molar-refractivity contribution in [2.45, 2.75) is 69.8 Å². The molecule has 2 aliphatic rings. The van der Waals surface area contributed by atoms with Gasteiger partial charge in [-0.2, -0.15) is 13.2 Å². The highest BCUT2D eigenvalue weighted by Gasteiger charge is 2.69. The maximum absolute atomic E-state index is 13.9. The first-order valence-corrected chi connectivity index (χ1v) is 9.52. The van der Waals surface area contributed by atoms with Crippen LogP contribution in [0.4, 0.5) is 18.0 Å². The number of carbonyl (C=O) groups is 3. The van der Waals surface area contributed by atoms with E-state index < -0.39 is 35.7 Å². The number of amides is 4. The Bertz CT molecular complexity index is 824. The molecule has 1 aromatic rings. The number of hydrogen-bond acceptors (Lipinski definition) is 3. The Morgan fingerprint density at radius 2 is 1.66 bits per heavy atom. The fourth-order valence-corrected chi connectivity index (χ4v) is 3.75. The third kappa shape index (κ3) is 3.70. The molecule has 4 amide bonds. The summed E-state index contributed by atoms with van der Waals surface area (Å²) in [5, 5.41) is 3.45. The predicted octanol–water partition coefficient (Wildman–Crippen LogP) is 3.47. The summed E-state index contributed by atoms with van der Waals surface area (Å²) in [5.74, 6) is -2.58. The van der Waals surface area contributed by atoms with Gasteiger partial charge in [0, 0.05) is 11.6 Å². The molecule has 29 heavy (non-hydrogen) atoms. The van der Waals surface area contributed by atoms with Crippen molar-refractivity contribution in [2.75, 3.05) is 0 Å². The molecule has 1 aliphatic heterocycles. The molecule has 9 heteroatoms. The lowest BCUT2D eigenvalue weighted by Crippen LogP contribution is -2.69. The molecule has 2 N–H and O–H groups in total. The van der Waals surface area contributed by atoms with Gasteiger partial charge in [-0.1, -0.05) is 45.7 Å². The molecule has 3 rings (SSSR count). The van der Waals surface area contributed by atoms with Crippen molar-refractivity contribution in [1.29, 1.82) is 0 Å². The van der Waals surface area contributed by atoms with Crippen molar-refractivity contribution in [3.8, 4) is 0 Å². The van der Waals surface area contributed by atoms with Crippen molar-refractivity contribution >= 4 is 17.8 Å². The van der Waals surface area contributed by atoms with Gasteiger partial charge in [-0.05, 0) is 36.0 Å². The van der Waals surface area contributed by atoms with E-state index in [1.54, 1.807) is 22.8 Å². The summed E-state index contributed by atoms with van der Waals surface area (Å²) in [6, 6.07) is 4.37. The average molecular weight is 411 g/mol. The number of rotatable bonds is 3. The van der Waals surface area contributed by atoms with Crippen LogP contribution in [0, 0.1) is 0 Å². The molecule has 1 saturated heterocycles. The van der Waals surface area contributed by atoms with E-state index >= 15 is 0 Å². The van der Waals surface area contributed by atoms with Gasteiger partial charge in [0.2, 0.25) is 0 Å². The van der Waals surface area contributed by atoms with Crippen LogP contribution in [-0.4, -0.2) is 40.6 Å². The van der Waals surface area contributed by atoms with Gasteiger partial charge in [-0.3, -0.25) is 19.8 Å². The van der Waals surface area contributed by atoms with Crippen LogP contribution in [0.1, 0.15) is 62.4 Å². The fourth-order valence-electron chi connectivity index (χ4n) is 3.75. The molecule has 1 aromatic carbocycles. The molecule has 1 atom stereocenters. The molecular weight excluding hydrogens is 387 g/mol. The maximum atomic E-state index is 13.9. The molecule has 2 fully saturated rings. The lowest BCUT2D eigenvalue weighted by Gasteiger charge is -2.30. The van der Waals surface area contributed by atoms with E-state index in [0.29, 0.717) is 17.7 Å². The van der Waals surface area contributed by atoms with Crippen LogP contribution in [0.2, 0.25) is 0 Å². The second-order valence-corrected chi connectivity index (χ2v) is 8.57. The van der Waals surface area contributed by atoms with Crippen LogP contribution in [0.3, 0.4) is 0 Å². The first-order valence-electron chi connectivity index (χ1n) is 9.52. The topological polar surface area (TPSA) is 78.5 Å². The van der Waals surface area contributed by atoms with Crippen molar-refractivity contribution in [3.05, 3.63) is 35.4 Å². The summed E-state index contributed by atoms with van der Waals surface area (Å²) in [7, 11) is 0. The Kier molecular flexibility index (Phi) is 5.13. The Labute approximate surface area is 166 Å². The molecule has 0 radical (unpaired) electrons. The molecule has 0 bridgehead atoms. The third-order valence-electron chi connectivity index (χ3n) is 5.48. The number of carbonyl (C=O) groups excluding carboxylic acids is 3. The van der Waals surface area contributed by atoms with E-state index in [2.05, 4.69) is 0 Å². The van der Waals surface area contributed by atoms with Gasteiger partial charge >= 0.3 is 12.2 Å². The first-order chi connectivity index (χ1) is 13.4. The number of hydrogen-bond donors (Lipinski definition) is 2. The van der Waals surface area contributed by atoms with Crippen LogP contribution in [0.5, 0.6) is 0 Å². The Balaban J connectivity index is 1.89. The second kappa shape index (κ2) is 7.03. The number of nitrogens with one attached hydrogen (secondary N) is 2. The number of benzene rings is 1. The molecule has 0 spiro atoms. The maximum Gasteiger partial charge on any atom is 0.440 e. The largest absolute Gasteiger partial charge is 0.440 e. The van der Waals surface area contributed by atoms with Gasteiger partial charge in [0.05, 0.1) is 0 Å². The van der Waals surface area contributed by atoms with Crippen LogP contribution in [-0.2, 0) is 10.2 Å². The Morgan fingerprint density at radius 3 is 2.14 bits per heavy atom. The van der Waals surface area contributed by atoms with Crippen LogP contribution in [0.15, 0.2) is 24.3 Å². The van der Waals surface area contributed by atoms with E-state index in [1.807, 2.05) is 20.8 Å². The van der Waals surface area contributed by atoms with Crippen LogP contribution in [0.25, 0.3) is 0 Å². The zero-order valence-electron chi connectivity index (χ0n) is 16.5. The zero-order chi connectivity index (χ0) is 21.6. The fraction of sp³-hybridized carbons (Fsp3) is 0.550. The Hall–Kier alpha value is -2.58. The smallest absolute Gasteiger partial charge is 0.314 e. The van der Waals surface area contributed by atoms with E-state index in [0.717, 1.165) is 18.4 Å². The number of imide groups is 1. The number of halogens is 3. The minimum absolute atomic E-state index is 0.0389. The third-order valence-corrected chi connectivity index (χ3v) is 5.48. The number of alkyl halides is 3. The van der Waals surface area contributed by atoms with E-state index in [-0.39, 0.29) is 11.0 Å². The van der Waals surface area contributed by atoms with Gasteiger partial charge in [0.25, 0.3) is 17.5 Å². The van der Waals surface area contributed by atoms with Crippen LogP contribution >= 0.6 is 0 Å². The van der Waals surface area contributed by atoms with Crippen molar-refractivity contribution in [1.82, 2.24) is 15.5 Å². The summed E-state index contributed by atoms with van der Waals surface area (Å²) in [6.07, 6.45) is -2.83. The minimum Gasteiger partial charge on any atom is -0.314 e. The molecule has 0 aromatic heterocycles. The van der Waals surface area contributed by atoms with Gasteiger partial charge in [0.15, 0.2) is 0 Å². The quantitative estimate of drug-likeness (QED) is 0.748. The monoisotopic (exact) mass is 411 g/mol. The zero-order valence-corrected chi connectivity index (χ0v) is 16.5. The normalized spacial score (nSPS) is 23.4. The Morgan fingerprint density at radius 1 is 1.10 bits per heavy atom. The van der Waals surface area contributed by atoms with E-state index in [4.69, 9.17) is 0 Å².